The Morgan fingerprint density at radius 2 is 1.65 bits per heavy atom. The van der Waals surface area contributed by atoms with Crippen molar-refractivity contribution in [2.24, 2.45) is 0 Å². The first-order chi connectivity index (χ1) is 10.9. The molecule has 0 aromatic carbocycles. The first kappa shape index (κ1) is 17.1. The van der Waals surface area contributed by atoms with Gasteiger partial charge in [0, 0.05) is 37.4 Å². The minimum atomic E-state index is -0.342. The molecule has 1 aromatic rings. The average Bonchev–Trinajstić information content (AvgIpc) is 2.81. The lowest BCUT2D eigenvalue weighted by Crippen LogP contribution is -2.50. The largest absolute Gasteiger partial charge is 0.450 e. The Morgan fingerprint density at radius 1 is 1.09 bits per heavy atom. The number of ketones is 1. The van der Waals surface area contributed by atoms with Crippen LogP contribution in [-0.4, -0.2) is 65.4 Å². The number of nitrogens with one attached hydrogen (secondary N) is 1. The number of amides is 2. The molecule has 1 aliphatic rings. The molecule has 0 spiro atoms. The van der Waals surface area contributed by atoms with E-state index in [4.69, 9.17) is 4.74 Å². The van der Waals surface area contributed by atoms with Crippen LogP contribution in [0.1, 0.15) is 46.0 Å². The van der Waals surface area contributed by atoms with Crippen molar-refractivity contribution in [2.75, 3.05) is 32.8 Å². The fraction of sp³-hybridized carbons (Fsp3) is 0.562. The Kier molecular flexibility index (Phi) is 5.08. The number of ether oxygens (including phenoxy) is 1. The van der Waals surface area contributed by atoms with Crippen molar-refractivity contribution in [3.8, 4) is 0 Å². The van der Waals surface area contributed by atoms with E-state index < -0.39 is 0 Å². The van der Waals surface area contributed by atoms with Crippen LogP contribution >= 0.6 is 0 Å². The van der Waals surface area contributed by atoms with Crippen LogP contribution in [0, 0.1) is 13.8 Å². The molecule has 7 heteroatoms. The lowest BCUT2D eigenvalue weighted by Gasteiger charge is -2.34. The van der Waals surface area contributed by atoms with E-state index in [0.29, 0.717) is 55.3 Å². The van der Waals surface area contributed by atoms with Gasteiger partial charge in [0.2, 0.25) is 0 Å². The van der Waals surface area contributed by atoms with E-state index >= 15 is 0 Å². The van der Waals surface area contributed by atoms with Crippen molar-refractivity contribution < 1.29 is 19.1 Å². The summed E-state index contributed by atoms with van der Waals surface area (Å²) in [4.78, 5) is 42.3. The predicted molar refractivity (Wildman–Crippen MR) is 84.8 cm³/mol. The van der Waals surface area contributed by atoms with Crippen LogP contribution in [0.15, 0.2) is 0 Å². The molecule has 0 atom stereocenters. The van der Waals surface area contributed by atoms with Crippen molar-refractivity contribution in [2.45, 2.75) is 27.7 Å². The van der Waals surface area contributed by atoms with Crippen LogP contribution in [0.25, 0.3) is 0 Å². The number of aromatic amines is 1. The van der Waals surface area contributed by atoms with E-state index in [-0.39, 0.29) is 17.8 Å². The molecule has 7 nitrogen and oxygen atoms in total. The van der Waals surface area contributed by atoms with Gasteiger partial charge in [-0.15, -0.1) is 0 Å². The molecule has 0 radical (unpaired) electrons. The lowest BCUT2D eigenvalue weighted by atomic mass is 10.1. The maximum Gasteiger partial charge on any atom is 0.409 e. The molecule has 1 saturated heterocycles. The summed E-state index contributed by atoms with van der Waals surface area (Å²) in [5, 5.41) is 0. The van der Waals surface area contributed by atoms with Crippen LogP contribution in [0.2, 0.25) is 0 Å². The zero-order valence-corrected chi connectivity index (χ0v) is 14.1. The van der Waals surface area contributed by atoms with Gasteiger partial charge >= 0.3 is 6.09 Å². The Balaban J connectivity index is 2.07. The molecule has 0 aliphatic carbocycles. The van der Waals surface area contributed by atoms with Gasteiger partial charge in [0.25, 0.3) is 5.91 Å². The number of carbonyl (C=O) groups is 3. The Labute approximate surface area is 135 Å². The van der Waals surface area contributed by atoms with Gasteiger partial charge in [0.15, 0.2) is 5.78 Å². The molecule has 2 heterocycles. The Morgan fingerprint density at radius 3 is 2.13 bits per heavy atom. The highest BCUT2D eigenvalue weighted by Gasteiger charge is 2.28. The molecular weight excluding hydrogens is 298 g/mol. The first-order valence-corrected chi connectivity index (χ1v) is 7.77. The summed E-state index contributed by atoms with van der Waals surface area (Å²) in [6.45, 7) is 8.96. The Hall–Kier alpha value is -2.31. The predicted octanol–water partition coefficient (Wildman–Crippen LogP) is 1.75. The summed E-state index contributed by atoms with van der Waals surface area (Å²) in [5.74, 6) is -0.191. The Bertz CT molecular complexity index is 628. The van der Waals surface area contributed by atoms with Gasteiger partial charge in [0.05, 0.1) is 6.61 Å². The molecule has 1 aliphatic heterocycles. The SMILES string of the molecule is CCOC(=O)N1CCN(C(=O)c2[nH]c(C)c(C(C)=O)c2C)CC1. The van der Waals surface area contributed by atoms with Crippen LogP contribution in [0.3, 0.4) is 0 Å². The molecule has 0 bridgehead atoms. The van der Waals surface area contributed by atoms with Gasteiger partial charge in [-0.25, -0.2) is 4.79 Å². The summed E-state index contributed by atoms with van der Waals surface area (Å²) < 4.78 is 4.97. The van der Waals surface area contributed by atoms with E-state index in [2.05, 4.69) is 4.98 Å². The van der Waals surface area contributed by atoms with Gasteiger partial charge in [-0.2, -0.15) is 0 Å². The lowest BCUT2D eigenvalue weighted by molar-refractivity contribution is 0.0566. The highest BCUT2D eigenvalue weighted by molar-refractivity contribution is 6.02. The van der Waals surface area contributed by atoms with Crippen molar-refractivity contribution in [3.63, 3.8) is 0 Å². The molecule has 1 aromatic heterocycles. The molecule has 1 fully saturated rings. The van der Waals surface area contributed by atoms with Crippen LogP contribution in [0.4, 0.5) is 4.79 Å². The highest BCUT2D eigenvalue weighted by Crippen LogP contribution is 2.20. The van der Waals surface area contributed by atoms with E-state index in [1.807, 2.05) is 0 Å². The number of rotatable bonds is 3. The second kappa shape index (κ2) is 6.85. The minimum Gasteiger partial charge on any atom is -0.450 e. The summed E-state index contributed by atoms with van der Waals surface area (Å²) in [6, 6.07) is 0. The second-order valence-electron chi connectivity index (χ2n) is 5.66. The molecular formula is C16H23N3O4. The van der Waals surface area contributed by atoms with Crippen molar-refractivity contribution in [1.29, 1.82) is 0 Å². The number of aromatic nitrogens is 1. The van der Waals surface area contributed by atoms with Gasteiger partial charge in [-0.1, -0.05) is 0 Å². The fourth-order valence-corrected chi connectivity index (χ4v) is 2.96. The highest BCUT2D eigenvalue weighted by atomic mass is 16.6. The third-order valence-corrected chi connectivity index (χ3v) is 4.10. The molecule has 2 amide bonds. The molecule has 0 saturated carbocycles. The molecule has 2 rings (SSSR count). The standard InChI is InChI=1S/C16H23N3O4/c1-5-23-16(22)19-8-6-18(7-9-19)15(21)14-10(2)13(12(4)20)11(3)17-14/h17H,5-9H2,1-4H3. The van der Waals surface area contributed by atoms with Crippen molar-refractivity contribution >= 4 is 17.8 Å². The first-order valence-electron chi connectivity index (χ1n) is 7.77. The third-order valence-electron chi connectivity index (χ3n) is 4.10. The number of hydrogen-bond donors (Lipinski definition) is 1. The zero-order valence-electron chi connectivity index (χ0n) is 14.1. The number of Topliss-reactive ketones (excluding diaryl/α,β-unsaturated/α-hetero) is 1. The smallest absolute Gasteiger partial charge is 0.409 e. The van der Waals surface area contributed by atoms with Crippen molar-refractivity contribution in [3.05, 3.63) is 22.5 Å². The number of hydrogen-bond acceptors (Lipinski definition) is 4. The normalized spacial score (nSPS) is 14.8. The van der Waals surface area contributed by atoms with E-state index in [1.165, 1.54) is 6.92 Å². The number of H-pyrrole nitrogens is 1. The van der Waals surface area contributed by atoms with Gasteiger partial charge in [-0.3, -0.25) is 9.59 Å². The van der Waals surface area contributed by atoms with Crippen LogP contribution < -0.4 is 0 Å². The van der Waals surface area contributed by atoms with E-state index in [1.54, 1.807) is 30.6 Å². The second-order valence-corrected chi connectivity index (χ2v) is 5.66. The van der Waals surface area contributed by atoms with Crippen LogP contribution in [-0.2, 0) is 4.74 Å². The summed E-state index contributed by atoms with van der Waals surface area (Å²) in [5.41, 5.74) is 2.44. The molecule has 23 heavy (non-hydrogen) atoms. The van der Waals surface area contributed by atoms with Gasteiger partial charge in [-0.05, 0) is 33.3 Å². The molecule has 126 valence electrons. The van der Waals surface area contributed by atoms with Gasteiger partial charge in [0.1, 0.15) is 5.69 Å². The third kappa shape index (κ3) is 3.38. The molecule has 1 N–H and O–H groups in total. The zero-order chi connectivity index (χ0) is 17.1. The number of aryl methyl sites for hydroxylation is 1. The number of carbonyl (C=O) groups excluding carboxylic acids is 3. The molecule has 0 unspecified atom stereocenters. The van der Waals surface area contributed by atoms with Gasteiger partial charge < -0.3 is 19.5 Å². The number of piperazine rings is 1. The quantitative estimate of drug-likeness (QED) is 0.860. The monoisotopic (exact) mass is 321 g/mol. The summed E-state index contributed by atoms with van der Waals surface area (Å²) >= 11 is 0. The maximum absolute atomic E-state index is 12.7. The maximum atomic E-state index is 12.7. The summed E-state index contributed by atoms with van der Waals surface area (Å²) in [7, 11) is 0. The van der Waals surface area contributed by atoms with Crippen LogP contribution in [0.5, 0.6) is 0 Å². The average molecular weight is 321 g/mol. The number of nitrogens with zero attached hydrogens (tertiary/aromatic N) is 2. The van der Waals surface area contributed by atoms with Crippen molar-refractivity contribution in [1.82, 2.24) is 14.8 Å². The topological polar surface area (TPSA) is 82.7 Å². The van der Waals surface area contributed by atoms with E-state index in [9.17, 15) is 14.4 Å². The minimum absolute atomic E-state index is 0.0533. The summed E-state index contributed by atoms with van der Waals surface area (Å²) in [6.07, 6.45) is -0.342. The van der Waals surface area contributed by atoms with E-state index in [0.717, 1.165) is 0 Å². The fourth-order valence-electron chi connectivity index (χ4n) is 2.96.